The number of nitrogens with zero attached hydrogens (tertiary/aromatic N) is 4. The van der Waals surface area contributed by atoms with Crippen LogP contribution in [0.2, 0.25) is 0 Å². The van der Waals surface area contributed by atoms with E-state index in [1.807, 2.05) is 25.1 Å². The summed E-state index contributed by atoms with van der Waals surface area (Å²) in [4.78, 5) is 41.4. The number of benzene rings is 2. The van der Waals surface area contributed by atoms with Crippen LogP contribution in [-0.4, -0.2) is 53.9 Å². The molecule has 0 radical (unpaired) electrons. The van der Waals surface area contributed by atoms with Crippen molar-refractivity contribution in [3.63, 3.8) is 0 Å². The summed E-state index contributed by atoms with van der Waals surface area (Å²) in [5.41, 5.74) is 2.62. The van der Waals surface area contributed by atoms with Crippen LogP contribution in [-0.2, 0) is 9.59 Å². The van der Waals surface area contributed by atoms with Gasteiger partial charge in [-0.1, -0.05) is 12.1 Å². The Kier molecular flexibility index (Phi) is 5.02. The van der Waals surface area contributed by atoms with Gasteiger partial charge in [0.2, 0.25) is 5.91 Å². The van der Waals surface area contributed by atoms with Crippen LogP contribution in [0.15, 0.2) is 48.5 Å². The molecule has 29 heavy (non-hydrogen) atoms. The molecule has 4 rings (SSSR count). The van der Waals surface area contributed by atoms with Gasteiger partial charge in [0.05, 0.1) is 23.1 Å². The van der Waals surface area contributed by atoms with Crippen molar-refractivity contribution in [3.05, 3.63) is 64.2 Å². The third kappa shape index (κ3) is 3.71. The molecule has 2 fully saturated rings. The molecular formula is C21H22N4O4. The van der Waals surface area contributed by atoms with Gasteiger partial charge in [-0.3, -0.25) is 24.6 Å². The maximum Gasteiger partial charge on any atom is 0.269 e. The van der Waals surface area contributed by atoms with Crippen LogP contribution in [0.25, 0.3) is 0 Å². The molecule has 0 N–H and O–H groups in total. The fourth-order valence-corrected chi connectivity index (χ4v) is 4.02. The summed E-state index contributed by atoms with van der Waals surface area (Å²) in [6, 6.07) is 13.5. The van der Waals surface area contributed by atoms with Gasteiger partial charge in [0.15, 0.2) is 0 Å². The molecule has 2 saturated heterocycles. The minimum Gasteiger partial charge on any atom is -0.369 e. The highest BCUT2D eigenvalue weighted by molar-refractivity contribution is 6.22. The Morgan fingerprint density at radius 2 is 1.66 bits per heavy atom. The third-order valence-electron chi connectivity index (χ3n) is 5.56. The molecule has 0 aliphatic carbocycles. The van der Waals surface area contributed by atoms with Crippen LogP contribution in [0.5, 0.6) is 0 Å². The van der Waals surface area contributed by atoms with Gasteiger partial charge in [-0.15, -0.1) is 0 Å². The molecule has 8 heteroatoms. The van der Waals surface area contributed by atoms with Crippen molar-refractivity contribution in [1.82, 2.24) is 4.90 Å². The Morgan fingerprint density at radius 1 is 0.966 bits per heavy atom. The SMILES string of the molecule is Cc1cccc(N2C(=O)C[C@@H](N3CCN(c4ccc([N+](=O)[O-])cc4)CC3)C2=O)c1. The first-order valence-corrected chi connectivity index (χ1v) is 9.61. The number of aryl methyl sites for hydroxylation is 1. The van der Waals surface area contributed by atoms with E-state index in [1.165, 1.54) is 17.0 Å². The molecule has 2 aliphatic heterocycles. The topological polar surface area (TPSA) is 87.0 Å². The van der Waals surface area contributed by atoms with E-state index in [9.17, 15) is 19.7 Å². The standard InChI is InChI=1S/C21H22N4O4/c1-15-3-2-4-18(13-15)24-20(26)14-19(21(24)27)23-11-9-22(10-12-23)16-5-7-17(8-6-16)25(28)29/h2-8,13,19H,9-12,14H2,1H3/t19-/m1/s1. The second-order valence-corrected chi connectivity index (χ2v) is 7.42. The van der Waals surface area contributed by atoms with Crippen molar-refractivity contribution < 1.29 is 14.5 Å². The summed E-state index contributed by atoms with van der Waals surface area (Å²) in [5, 5.41) is 10.8. The van der Waals surface area contributed by atoms with Gasteiger partial charge in [-0.2, -0.15) is 0 Å². The second kappa shape index (κ2) is 7.63. The fourth-order valence-electron chi connectivity index (χ4n) is 4.02. The van der Waals surface area contributed by atoms with E-state index in [0.717, 1.165) is 11.3 Å². The molecule has 8 nitrogen and oxygen atoms in total. The first kappa shape index (κ1) is 19.1. The molecule has 150 valence electrons. The van der Waals surface area contributed by atoms with Crippen molar-refractivity contribution in [1.29, 1.82) is 0 Å². The van der Waals surface area contributed by atoms with Crippen molar-refractivity contribution in [2.24, 2.45) is 0 Å². The van der Waals surface area contributed by atoms with E-state index in [1.54, 1.807) is 18.2 Å². The molecule has 2 aliphatic rings. The van der Waals surface area contributed by atoms with E-state index in [2.05, 4.69) is 9.80 Å². The molecule has 0 spiro atoms. The van der Waals surface area contributed by atoms with E-state index >= 15 is 0 Å². The predicted molar refractivity (Wildman–Crippen MR) is 109 cm³/mol. The number of carbonyl (C=O) groups is 2. The lowest BCUT2D eigenvalue weighted by atomic mass is 10.1. The Bertz CT molecular complexity index is 951. The highest BCUT2D eigenvalue weighted by Crippen LogP contribution is 2.28. The Balaban J connectivity index is 1.41. The van der Waals surface area contributed by atoms with Gasteiger partial charge >= 0.3 is 0 Å². The number of nitro groups is 1. The van der Waals surface area contributed by atoms with Gasteiger partial charge < -0.3 is 4.90 Å². The summed E-state index contributed by atoms with van der Waals surface area (Å²) in [7, 11) is 0. The summed E-state index contributed by atoms with van der Waals surface area (Å²) >= 11 is 0. The quantitative estimate of drug-likeness (QED) is 0.449. The van der Waals surface area contributed by atoms with E-state index in [0.29, 0.717) is 31.9 Å². The molecule has 2 amide bonds. The maximum atomic E-state index is 13.0. The molecule has 0 aromatic heterocycles. The van der Waals surface area contributed by atoms with Crippen molar-refractivity contribution >= 4 is 28.9 Å². The fraction of sp³-hybridized carbons (Fsp3) is 0.333. The first-order chi connectivity index (χ1) is 13.9. The first-order valence-electron chi connectivity index (χ1n) is 9.61. The molecule has 0 bridgehead atoms. The average molecular weight is 394 g/mol. The Hall–Kier alpha value is -3.26. The smallest absolute Gasteiger partial charge is 0.269 e. The minimum absolute atomic E-state index is 0.0682. The average Bonchev–Trinajstić information content (AvgIpc) is 3.02. The number of anilines is 2. The number of nitro benzene ring substituents is 1. The number of piperazine rings is 1. The largest absolute Gasteiger partial charge is 0.369 e. The van der Waals surface area contributed by atoms with Crippen LogP contribution < -0.4 is 9.80 Å². The summed E-state index contributed by atoms with van der Waals surface area (Å²) in [6.45, 7) is 4.63. The number of amides is 2. The Morgan fingerprint density at radius 3 is 2.28 bits per heavy atom. The highest BCUT2D eigenvalue weighted by Gasteiger charge is 2.43. The summed E-state index contributed by atoms with van der Waals surface area (Å²) in [6.07, 6.45) is 0.199. The summed E-state index contributed by atoms with van der Waals surface area (Å²) in [5.74, 6) is -0.326. The third-order valence-corrected chi connectivity index (χ3v) is 5.56. The van der Waals surface area contributed by atoms with Crippen LogP contribution in [0.4, 0.5) is 17.1 Å². The molecule has 0 saturated carbocycles. The summed E-state index contributed by atoms with van der Waals surface area (Å²) < 4.78 is 0. The van der Waals surface area contributed by atoms with Crippen LogP contribution in [0.1, 0.15) is 12.0 Å². The zero-order valence-electron chi connectivity index (χ0n) is 16.2. The zero-order valence-corrected chi connectivity index (χ0v) is 16.2. The highest BCUT2D eigenvalue weighted by atomic mass is 16.6. The Labute approximate surface area is 168 Å². The monoisotopic (exact) mass is 394 g/mol. The normalized spacial score (nSPS) is 20.4. The number of rotatable bonds is 4. The molecule has 1 atom stereocenters. The molecule has 2 aromatic rings. The minimum atomic E-state index is -0.429. The lowest BCUT2D eigenvalue weighted by Crippen LogP contribution is -2.52. The van der Waals surface area contributed by atoms with Gasteiger partial charge in [0.25, 0.3) is 11.6 Å². The van der Waals surface area contributed by atoms with Gasteiger partial charge in [-0.25, -0.2) is 4.90 Å². The molecular weight excluding hydrogens is 372 g/mol. The maximum absolute atomic E-state index is 13.0. The van der Waals surface area contributed by atoms with Gasteiger partial charge in [0, 0.05) is 44.0 Å². The molecule has 0 unspecified atom stereocenters. The van der Waals surface area contributed by atoms with Gasteiger partial charge in [-0.05, 0) is 36.8 Å². The van der Waals surface area contributed by atoms with Crippen LogP contribution >= 0.6 is 0 Å². The second-order valence-electron chi connectivity index (χ2n) is 7.42. The number of hydrogen-bond donors (Lipinski definition) is 0. The van der Waals surface area contributed by atoms with E-state index in [-0.39, 0.29) is 23.9 Å². The van der Waals surface area contributed by atoms with Crippen LogP contribution in [0, 0.1) is 17.0 Å². The van der Waals surface area contributed by atoms with Crippen molar-refractivity contribution in [2.45, 2.75) is 19.4 Å². The zero-order chi connectivity index (χ0) is 20.5. The lowest BCUT2D eigenvalue weighted by molar-refractivity contribution is -0.384. The van der Waals surface area contributed by atoms with E-state index < -0.39 is 11.0 Å². The van der Waals surface area contributed by atoms with Crippen molar-refractivity contribution in [2.75, 3.05) is 36.0 Å². The number of hydrogen-bond acceptors (Lipinski definition) is 6. The lowest BCUT2D eigenvalue weighted by Gasteiger charge is -2.38. The van der Waals surface area contributed by atoms with Crippen LogP contribution in [0.3, 0.4) is 0 Å². The van der Waals surface area contributed by atoms with Gasteiger partial charge in [0.1, 0.15) is 0 Å². The predicted octanol–water partition coefficient (Wildman–Crippen LogP) is 2.36. The van der Waals surface area contributed by atoms with E-state index in [4.69, 9.17) is 0 Å². The number of non-ortho nitro benzene ring substituents is 1. The molecule has 2 heterocycles. The number of imide groups is 1. The number of carbonyl (C=O) groups excluding carboxylic acids is 2. The van der Waals surface area contributed by atoms with Crippen molar-refractivity contribution in [3.8, 4) is 0 Å². The molecule has 2 aromatic carbocycles.